The zero-order chi connectivity index (χ0) is 9.84. The van der Waals surface area contributed by atoms with Crippen molar-refractivity contribution >= 4 is 23.1 Å². The Kier molecular flexibility index (Phi) is 4.15. The van der Waals surface area contributed by atoms with Gasteiger partial charge in [0.15, 0.2) is 4.34 Å². The summed E-state index contributed by atoms with van der Waals surface area (Å²) in [6.07, 6.45) is 0. The maximum Gasteiger partial charge on any atom is 0.174 e. The fraction of sp³-hybridized carbons (Fsp3) is 0.750. The molecule has 1 aromatic heterocycles. The Labute approximate surface area is 87.1 Å². The van der Waals surface area contributed by atoms with Crippen LogP contribution in [0.4, 0.5) is 0 Å². The number of nitrogens with zero attached hydrogens (tertiary/aromatic N) is 2. The van der Waals surface area contributed by atoms with E-state index in [4.69, 9.17) is 5.73 Å². The number of rotatable bonds is 4. The largest absolute Gasteiger partial charge is 0.327 e. The molecule has 0 aliphatic rings. The van der Waals surface area contributed by atoms with Crippen molar-refractivity contribution in [3.63, 3.8) is 0 Å². The molecule has 13 heavy (non-hydrogen) atoms. The second-order valence-electron chi connectivity index (χ2n) is 3.31. The Hall–Kier alpha value is -0.130. The summed E-state index contributed by atoms with van der Waals surface area (Å²) in [7, 11) is 0. The van der Waals surface area contributed by atoms with Gasteiger partial charge in [0.25, 0.3) is 0 Å². The van der Waals surface area contributed by atoms with Crippen LogP contribution in [-0.2, 0) is 0 Å². The molecule has 0 aromatic carbocycles. The van der Waals surface area contributed by atoms with Crippen molar-refractivity contribution in [1.82, 2.24) is 10.2 Å². The van der Waals surface area contributed by atoms with E-state index in [1.54, 1.807) is 23.1 Å². The van der Waals surface area contributed by atoms with Crippen LogP contribution in [0.3, 0.4) is 0 Å². The van der Waals surface area contributed by atoms with Crippen molar-refractivity contribution < 1.29 is 0 Å². The molecule has 0 fully saturated rings. The Morgan fingerprint density at radius 1 is 1.46 bits per heavy atom. The van der Waals surface area contributed by atoms with Gasteiger partial charge in [-0.15, -0.1) is 10.2 Å². The highest BCUT2D eigenvalue weighted by molar-refractivity contribution is 8.01. The highest BCUT2D eigenvalue weighted by Gasteiger charge is 2.09. The van der Waals surface area contributed by atoms with E-state index < -0.39 is 0 Å². The molecule has 0 saturated heterocycles. The minimum Gasteiger partial charge on any atom is -0.327 e. The standard InChI is InChI=1S/C8H15N3S2/c1-5(2)7(9)4-12-8-11-10-6(3)13-8/h5,7H,4,9H2,1-3H3. The molecule has 0 aliphatic heterocycles. The zero-order valence-electron chi connectivity index (χ0n) is 8.15. The minimum atomic E-state index is 0.245. The maximum absolute atomic E-state index is 5.91. The van der Waals surface area contributed by atoms with Gasteiger partial charge in [-0.1, -0.05) is 36.9 Å². The smallest absolute Gasteiger partial charge is 0.174 e. The molecule has 1 unspecified atom stereocenters. The number of hydrogen-bond donors (Lipinski definition) is 1. The predicted molar refractivity (Wildman–Crippen MR) is 58.2 cm³/mol. The Morgan fingerprint density at radius 2 is 2.15 bits per heavy atom. The highest BCUT2D eigenvalue weighted by Crippen LogP contribution is 2.23. The van der Waals surface area contributed by atoms with Crippen molar-refractivity contribution in [2.75, 3.05) is 5.75 Å². The topological polar surface area (TPSA) is 51.8 Å². The van der Waals surface area contributed by atoms with Crippen LogP contribution in [0.5, 0.6) is 0 Å². The lowest BCUT2D eigenvalue weighted by Crippen LogP contribution is -2.28. The van der Waals surface area contributed by atoms with Gasteiger partial charge in [-0.2, -0.15) is 0 Å². The van der Waals surface area contributed by atoms with Gasteiger partial charge in [0, 0.05) is 11.8 Å². The number of thioether (sulfide) groups is 1. The molecule has 0 saturated carbocycles. The maximum atomic E-state index is 5.91. The molecule has 0 radical (unpaired) electrons. The van der Waals surface area contributed by atoms with Crippen LogP contribution < -0.4 is 5.73 Å². The summed E-state index contributed by atoms with van der Waals surface area (Å²) in [6.45, 7) is 6.23. The number of nitrogens with two attached hydrogens (primary N) is 1. The second kappa shape index (κ2) is 4.93. The Balaban J connectivity index is 2.35. The molecule has 0 aliphatic carbocycles. The lowest BCUT2D eigenvalue weighted by molar-refractivity contribution is 0.535. The summed E-state index contributed by atoms with van der Waals surface area (Å²) < 4.78 is 1.02. The van der Waals surface area contributed by atoms with Crippen molar-refractivity contribution in [1.29, 1.82) is 0 Å². The molecule has 1 heterocycles. The number of aryl methyl sites for hydroxylation is 1. The molecule has 3 nitrogen and oxygen atoms in total. The van der Waals surface area contributed by atoms with Gasteiger partial charge in [0.05, 0.1) is 0 Å². The van der Waals surface area contributed by atoms with E-state index >= 15 is 0 Å². The van der Waals surface area contributed by atoms with E-state index in [1.165, 1.54) is 0 Å². The second-order valence-corrected chi connectivity index (χ2v) is 5.75. The summed E-state index contributed by atoms with van der Waals surface area (Å²) in [4.78, 5) is 0. The van der Waals surface area contributed by atoms with E-state index in [9.17, 15) is 0 Å². The van der Waals surface area contributed by atoms with Gasteiger partial charge in [-0.3, -0.25) is 0 Å². The first-order valence-corrected chi connectivity index (χ1v) is 6.08. The normalized spacial score (nSPS) is 13.6. The summed E-state index contributed by atoms with van der Waals surface area (Å²) in [6, 6.07) is 0.245. The first-order chi connectivity index (χ1) is 6.09. The molecule has 1 rings (SSSR count). The molecule has 74 valence electrons. The lowest BCUT2D eigenvalue weighted by atomic mass is 10.1. The van der Waals surface area contributed by atoms with Gasteiger partial charge >= 0.3 is 0 Å². The molecular weight excluding hydrogens is 202 g/mol. The SMILES string of the molecule is Cc1nnc(SCC(N)C(C)C)s1. The van der Waals surface area contributed by atoms with Crippen LogP contribution in [-0.4, -0.2) is 22.0 Å². The van der Waals surface area contributed by atoms with Gasteiger partial charge < -0.3 is 5.73 Å². The molecule has 0 spiro atoms. The Bertz CT molecular complexity index is 260. The van der Waals surface area contributed by atoms with Crippen molar-refractivity contribution in [2.24, 2.45) is 11.7 Å². The molecule has 1 atom stereocenters. The van der Waals surface area contributed by atoms with Gasteiger partial charge in [-0.05, 0) is 12.8 Å². The minimum absolute atomic E-state index is 0.245. The van der Waals surface area contributed by atoms with Crippen LogP contribution in [0.15, 0.2) is 4.34 Å². The molecule has 0 bridgehead atoms. The number of hydrogen-bond acceptors (Lipinski definition) is 5. The highest BCUT2D eigenvalue weighted by atomic mass is 32.2. The monoisotopic (exact) mass is 217 g/mol. The van der Waals surface area contributed by atoms with E-state index in [1.807, 2.05) is 6.92 Å². The molecule has 2 N–H and O–H groups in total. The van der Waals surface area contributed by atoms with Crippen LogP contribution in [0.2, 0.25) is 0 Å². The van der Waals surface area contributed by atoms with Gasteiger partial charge in [0.1, 0.15) is 5.01 Å². The van der Waals surface area contributed by atoms with E-state index in [2.05, 4.69) is 24.0 Å². The third kappa shape index (κ3) is 3.62. The summed E-state index contributed by atoms with van der Waals surface area (Å²) in [5.41, 5.74) is 5.91. The quantitative estimate of drug-likeness (QED) is 0.783. The first-order valence-electron chi connectivity index (χ1n) is 4.28. The fourth-order valence-electron chi connectivity index (χ4n) is 0.697. The van der Waals surface area contributed by atoms with Crippen molar-refractivity contribution in [3.8, 4) is 0 Å². The predicted octanol–water partition coefficient (Wildman–Crippen LogP) is 1.92. The average Bonchev–Trinajstić information content (AvgIpc) is 2.47. The summed E-state index contributed by atoms with van der Waals surface area (Å²) in [5.74, 6) is 1.45. The van der Waals surface area contributed by atoms with Crippen LogP contribution in [0.1, 0.15) is 18.9 Å². The molecule has 0 amide bonds. The summed E-state index contributed by atoms with van der Waals surface area (Å²) in [5, 5.41) is 8.98. The zero-order valence-corrected chi connectivity index (χ0v) is 9.78. The van der Waals surface area contributed by atoms with Crippen LogP contribution in [0, 0.1) is 12.8 Å². The molecule has 5 heteroatoms. The summed E-state index contributed by atoms with van der Waals surface area (Å²) >= 11 is 3.32. The Morgan fingerprint density at radius 3 is 2.62 bits per heavy atom. The lowest BCUT2D eigenvalue weighted by Gasteiger charge is -2.13. The average molecular weight is 217 g/mol. The van der Waals surface area contributed by atoms with Crippen molar-refractivity contribution in [3.05, 3.63) is 5.01 Å². The number of aromatic nitrogens is 2. The van der Waals surface area contributed by atoms with E-state index in [0.717, 1.165) is 15.1 Å². The first kappa shape index (κ1) is 10.9. The van der Waals surface area contributed by atoms with Crippen molar-refractivity contribution in [2.45, 2.75) is 31.2 Å². The third-order valence-electron chi connectivity index (χ3n) is 1.76. The van der Waals surface area contributed by atoms with Gasteiger partial charge in [0.2, 0.25) is 0 Å². The molecule has 1 aromatic rings. The third-order valence-corrected chi connectivity index (χ3v) is 3.88. The molecular formula is C8H15N3S2. The fourth-order valence-corrected chi connectivity index (χ4v) is 2.73. The van der Waals surface area contributed by atoms with Gasteiger partial charge in [-0.25, -0.2) is 0 Å². The van der Waals surface area contributed by atoms with Crippen LogP contribution in [0.25, 0.3) is 0 Å². The van der Waals surface area contributed by atoms with E-state index in [-0.39, 0.29) is 6.04 Å². The van der Waals surface area contributed by atoms with Crippen LogP contribution >= 0.6 is 23.1 Å². The van der Waals surface area contributed by atoms with E-state index in [0.29, 0.717) is 5.92 Å².